The largest absolute Gasteiger partial charge is 0.494 e. The van der Waals surface area contributed by atoms with Gasteiger partial charge >= 0.3 is 5.97 Å². The molecular formula is C13H11FN2O4. The van der Waals surface area contributed by atoms with E-state index in [9.17, 15) is 14.0 Å². The molecule has 104 valence electrons. The molecule has 6 nitrogen and oxygen atoms in total. The Hall–Kier alpha value is -2.70. The van der Waals surface area contributed by atoms with E-state index < -0.39 is 22.9 Å². The number of aromatic carboxylic acids is 1. The van der Waals surface area contributed by atoms with Crippen molar-refractivity contribution in [3.05, 3.63) is 51.7 Å². The van der Waals surface area contributed by atoms with Crippen LogP contribution in [0.4, 0.5) is 4.39 Å². The minimum atomic E-state index is -1.42. The summed E-state index contributed by atoms with van der Waals surface area (Å²) in [6, 6.07) is 3.93. The molecule has 0 aliphatic carbocycles. The number of hydrogen-bond acceptors (Lipinski definition) is 4. The molecule has 1 N–H and O–H groups in total. The second kappa shape index (κ2) is 5.12. The number of ether oxygens (including phenoxy) is 1. The fraction of sp³-hybridized carbons (Fsp3) is 0.154. The van der Waals surface area contributed by atoms with Crippen molar-refractivity contribution in [3.8, 4) is 11.4 Å². The normalized spacial score (nSPS) is 10.3. The number of carboxylic acid groups (broad SMARTS) is 1. The molecule has 2 aromatic rings. The minimum Gasteiger partial charge on any atom is -0.494 e. The highest BCUT2D eigenvalue weighted by molar-refractivity contribution is 5.85. The molecule has 0 spiro atoms. The van der Waals surface area contributed by atoms with E-state index in [0.717, 1.165) is 0 Å². The molecule has 0 radical (unpaired) electrons. The number of benzene rings is 1. The van der Waals surface area contributed by atoms with Crippen LogP contribution in [0.5, 0.6) is 5.75 Å². The van der Waals surface area contributed by atoms with Gasteiger partial charge in [-0.25, -0.2) is 13.9 Å². The highest BCUT2D eigenvalue weighted by Crippen LogP contribution is 2.20. The van der Waals surface area contributed by atoms with Crippen molar-refractivity contribution in [1.82, 2.24) is 9.78 Å². The summed E-state index contributed by atoms with van der Waals surface area (Å²) in [5.74, 6) is -1.97. The molecule has 1 heterocycles. The lowest BCUT2D eigenvalue weighted by Gasteiger charge is -2.09. The molecule has 0 aliphatic rings. The smallest absolute Gasteiger partial charge is 0.360 e. The maximum atomic E-state index is 13.3. The van der Waals surface area contributed by atoms with E-state index in [2.05, 4.69) is 5.10 Å². The van der Waals surface area contributed by atoms with Crippen molar-refractivity contribution in [2.75, 3.05) is 7.11 Å². The SMILES string of the molecule is COc1cc(-n2cc(C)c(=O)c(C(=O)O)n2)ccc1F. The van der Waals surface area contributed by atoms with Gasteiger partial charge in [-0.3, -0.25) is 4.79 Å². The summed E-state index contributed by atoms with van der Waals surface area (Å²) in [4.78, 5) is 22.6. The van der Waals surface area contributed by atoms with Crippen LogP contribution < -0.4 is 10.2 Å². The Bertz CT molecular complexity index is 740. The Morgan fingerprint density at radius 1 is 1.45 bits per heavy atom. The zero-order valence-electron chi connectivity index (χ0n) is 10.8. The van der Waals surface area contributed by atoms with E-state index in [4.69, 9.17) is 9.84 Å². The molecule has 20 heavy (non-hydrogen) atoms. The van der Waals surface area contributed by atoms with Gasteiger partial charge in [0.15, 0.2) is 11.6 Å². The number of halogens is 1. The van der Waals surface area contributed by atoms with Crippen LogP contribution in [0.1, 0.15) is 16.1 Å². The first kappa shape index (κ1) is 13.7. The van der Waals surface area contributed by atoms with E-state index in [1.54, 1.807) is 0 Å². The number of hydrogen-bond donors (Lipinski definition) is 1. The third-order valence-corrected chi connectivity index (χ3v) is 2.70. The third kappa shape index (κ3) is 2.37. The number of methoxy groups -OCH3 is 1. The number of carbonyl (C=O) groups is 1. The van der Waals surface area contributed by atoms with Gasteiger partial charge in [-0.2, -0.15) is 5.10 Å². The molecule has 0 bridgehead atoms. The van der Waals surface area contributed by atoms with Crippen LogP contribution in [-0.2, 0) is 0 Å². The van der Waals surface area contributed by atoms with Crippen LogP contribution in [-0.4, -0.2) is 28.0 Å². The molecule has 1 aromatic heterocycles. The maximum Gasteiger partial charge on any atom is 0.360 e. The van der Waals surface area contributed by atoms with Crippen molar-refractivity contribution in [2.45, 2.75) is 6.92 Å². The number of aryl methyl sites for hydroxylation is 1. The van der Waals surface area contributed by atoms with Gasteiger partial charge in [0.1, 0.15) is 0 Å². The molecule has 2 rings (SSSR count). The van der Waals surface area contributed by atoms with Crippen molar-refractivity contribution in [2.24, 2.45) is 0 Å². The summed E-state index contributed by atoms with van der Waals surface area (Å²) in [5, 5.41) is 12.7. The lowest BCUT2D eigenvalue weighted by molar-refractivity contribution is 0.0686. The van der Waals surface area contributed by atoms with Crippen LogP contribution in [0.15, 0.2) is 29.2 Å². The first-order chi connectivity index (χ1) is 9.43. The molecule has 1 aromatic carbocycles. The van der Waals surface area contributed by atoms with Crippen LogP contribution in [0.3, 0.4) is 0 Å². The number of carboxylic acids is 1. The molecule has 7 heteroatoms. The Morgan fingerprint density at radius 2 is 2.15 bits per heavy atom. The van der Waals surface area contributed by atoms with Gasteiger partial charge in [0.05, 0.1) is 12.8 Å². The van der Waals surface area contributed by atoms with Gasteiger partial charge in [0.25, 0.3) is 0 Å². The van der Waals surface area contributed by atoms with E-state index in [1.165, 1.54) is 43.1 Å². The van der Waals surface area contributed by atoms with Gasteiger partial charge in [-0.1, -0.05) is 0 Å². The average Bonchev–Trinajstić information content (AvgIpc) is 2.42. The molecule has 0 aliphatic heterocycles. The summed E-state index contributed by atoms with van der Waals surface area (Å²) >= 11 is 0. The zero-order chi connectivity index (χ0) is 14.9. The summed E-state index contributed by atoms with van der Waals surface area (Å²) in [5.41, 5.74) is -0.634. The number of rotatable bonds is 3. The maximum absolute atomic E-state index is 13.3. The molecular weight excluding hydrogens is 267 g/mol. The number of aromatic nitrogens is 2. The van der Waals surface area contributed by atoms with Crippen molar-refractivity contribution in [3.63, 3.8) is 0 Å². The van der Waals surface area contributed by atoms with Gasteiger partial charge in [0.2, 0.25) is 11.1 Å². The van der Waals surface area contributed by atoms with Crippen LogP contribution in [0.25, 0.3) is 5.69 Å². The molecule has 0 unspecified atom stereocenters. The lowest BCUT2D eigenvalue weighted by atomic mass is 10.2. The number of nitrogens with zero attached hydrogens (tertiary/aromatic N) is 2. The molecule has 0 amide bonds. The molecule has 0 saturated carbocycles. The van der Waals surface area contributed by atoms with Crippen molar-refractivity contribution < 1.29 is 19.0 Å². The first-order valence-electron chi connectivity index (χ1n) is 5.62. The Morgan fingerprint density at radius 3 is 2.75 bits per heavy atom. The predicted octanol–water partition coefficient (Wildman–Crippen LogP) is 1.39. The highest BCUT2D eigenvalue weighted by Gasteiger charge is 2.15. The quantitative estimate of drug-likeness (QED) is 0.917. The third-order valence-electron chi connectivity index (χ3n) is 2.70. The average molecular weight is 278 g/mol. The Labute approximate surface area is 113 Å². The minimum absolute atomic E-state index is 0.00229. The summed E-state index contributed by atoms with van der Waals surface area (Å²) in [6.07, 6.45) is 1.38. The van der Waals surface area contributed by atoms with Crippen LogP contribution in [0, 0.1) is 12.7 Å². The Balaban J connectivity index is 2.64. The van der Waals surface area contributed by atoms with Crippen molar-refractivity contribution in [1.29, 1.82) is 0 Å². The molecule has 0 saturated heterocycles. The lowest BCUT2D eigenvalue weighted by Crippen LogP contribution is -2.23. The van der Waals surface area contributed by atoms with Gasteiger partial charge in [-0.15, -0.1) is 0 Å². The monoisotopic (exact) mass is 278 g/mol. The van der Waals surface area contributed by atoms with Gasteiger partial charge in [0, 0.05) is 17.8 Å². The predicted molar refractivity (Wildman–Crippen MR) is 68.0 cm³/mol. The van der Waals surface area contributed by atoms with Gasteiger partial charge < -0.3 is 9.84 Å². The topological polar surface area (TPSA) is 81.4 Å². The molecule has 0 fully saturated rings. The van der Waals surface area contributed by atoms with E-state index in [0.29, 0.717) is 5.69 Å². The van der Waals surface area contributed by atoms with Gasteiger partial charge in [-0.05, 0) is 19.1 Å². The van der Waals surface area contributed by atoms with Crippen LogP contribution >= 0.6 is 0 Å². The second-order valence-electron chi connectivity index (χ2n) is 4.06. The second-order valence-corrected chi connectivity index (χ2v) is 4.06. The zero-order valence-corrected chi connectivity index (χ0v) is 10.8. The summed E-state index contributed by atoms with van der Waals surface area (Å²) in [6.45, 7) is 1.48. The van der Waals surface area contributed by atoms with Crippen molar-refractivity contribution >= 4 is 5.97 Å². The Kier molecular flexibility index (Phi) is 3.51. The standard InChI is InChI=1S/C13H11FN2O4/c1-7-6-16(15-11(12(7)17)13(18)19)8-3-4-9(14)10(5-8)20-2/h3-6H,1-2H3,(H,18,19). The van der Waals surface area contributed by atoms with E-state index >= 15 is 0 Å². The summed E-state index contributed by atoms with van der Waals surface area (Å²) in [7, 11) is 1.31. The molecule has 0 atom stereocenters. The highest BCUT2D eigenvalue weighted by atomic mass is 19.1. The van der Waals surface area contributed by atoms with E-state index in [1.807, 2.05) is 0 Å². The fourth-order valence-corrected chi connectivity index (χ4v) is 1.67. The van der Waals surface area contributed by atoms with Crippen LogP contribution in [0.2, 0.25) is 0 Å². The van der Waals surface area contributed by atoms with E-state index in [-0.39, 0.29) is 11.3 Å². The fourth-order valence-electron chi connectivity index (χ4n) is 1.67. The summed E-state index contributed by atoms with van der Waals surface area (Å²) < 4.78 is 19.4. The first-order valence-corrected chi connectivity index (χ1v) is 5.62.